The predicted octanol–water partition coefficient (Wildman–Crippen LogP) is 5.28. The summed E-state index contributed by atoms with van der Waals surface area (Å²) in [6.07, 6.45) is 1.60. The van der Waals surface area contributed by atoms with Gasteiger partial charge in [0.15, 0.2) is 0 Å². The molecule has 0 amide bonds. The van der Waals surface area contributed by atoms with E-state index in [1.54, 1.807) is 12.1 Å². The number of ketones is 1. The Kier molecular flexibility index (Phi) is 8.48. The number of carbonyl (C=O) groups is 1. The Balaban J connectivity index is 1.77. The molecular weight excluding hydrogens is 377 g/mol. The first-order chi connectivity index (χ1) is 12.8. The molecule has 0 bridgehead atoms. The van der Waals surface area contributed by atoms with E-state index in [0.29, 0.717) is 24.5 Å². The van der Waals surface area contributed by atoms with E-state index in [4.69, 9.17) is 0 Å². The van der Waals surface area contributed by atoms with E-state index in [-0.39, 0.29) is 23.6 Å². The third kappa shape index (κ3) is 8.13. The lowest BCUT2D eigenvalue weighted by atomic mass is 9.84. The number of hydrogen-bond acceptors (Lipinski definition) is 4. The Morgan fingerprint density at radius 2 is 1.81 bits per heavy atom. The van der Waals surface area contributed by atoms with E-state index in [0.717, 1.165) is 44.1 Å². The van der Waals surface area contributed by atoms with Crippen LogP contribution in [0.5, 0.6) is 5.75 Å². The van der Waals surface area contributed by atoms with Crippen molar-refractivity contribution in [3.8, 4) is 5.75 Å². The van der Waals surface area contributed by atoms with Crippen LogP contribution in [0.3, 0.4) is 0 Å². The van der Waals surface area contributed by atoms with Crippen molar-refractivity contribution in [2.24, 2.45) is 5.92 Å². The van der Waals surface area contributed by atoms with Gasteiger partial charge in [0.05, 0.1) is 6.10 Å². The molecule has 0 radical (unpaired) electrons. The smallest absolute Gasteiger partial charge is 0.406 e. The van der Waals surface area contributed by atoms with Gasteiger partial charge in [-0.1, -0.05) is 18.6 Å². The van der Waals surface area contributed by atoms with E-state index in [9.17, 15) is 23.1 Å². The first-order valence-electron chi connectivity index (χ1n) is 9.43. The summed E-state index contributed by atoms with van der Waals surface area (Å²) in [5, 5.41) is 9.52. The molecule has 1 aliphatic carbocycles. The van der Waals surface area contributed by atoms with Gasteiger partial charge in [-0.2, -0.15) is 12.6 Å². The molecule has 2 rings (SSSR count). The first kappa shape index (κ1) is 22.1. The molecule has 27 heavy (non-hydrogen) atoms. The standard InChI is InChI=1S/C20H27F3O3S/c21-20(22,23)26-19-10-6-15(7-11-19)16(13-27)12-18(25)3-1-2-14-4-8-17(24)9-5-14/h6-7,10-11,14,16-17,24,27H,1-5,8-9,12-13H2. The summed E-state index contributed by atoms with van der Waals surface area (Å²) < 4.78 is 40.5. The number of Topliss-reactive ketones (excluding diaryl/α,β-unsaturated/α-hetero) is 1. The number of hydrogen-bond donors (Lipinski definition) is 2. The number of halogens is 3. The maximum Gasteiger partial charge on any atom is 0.573 e. The van der Waals surface area contributed by atoms with Crippen molar-refractivity contribution >= 4 is 18.4 Å². The fourth-order valence-electron chi connectivity index (χ4n) is 3.63. The van der Waals surface area contributed by atoms with Crippen LogP contribution in [0.25, 0.3) is 0 Å². The van der Waals surface area contributed by atoms with E-state index in [1.165, 1.54) is 12.1 Å². The third-order valence-electron chi connectivity index (χ3n) is 5.16. The van der Waals surface area contributed by atoms with Crippen molar-refractivity contribution in [3.05, 3.63) is 29.8 Å². The lowest BCUT2D eigenvalue weighted by molar-refractivity contribution is -0.274. The van der Waals surface area contributed by atoms with Crippen molar-refractivity contribution in [2.75, 3.05) is 5.75 Å². The van der Waals surface area contributed by atoms with Gasteiger partial charge in [0.1, 0.15) is 11.5 Å². The zero-order chi connectivity index (χ0) is 19.9. The summed E-state index contributed by atoms with van der Waals surface area (Å²) in [5.41, 5.74) is 0.786. The summed E-state index contributed by atoms with van der Waals surface area (Å²) in [6, 6.07) is 5.65. The molecule has 152 valence electrons. The number of aliphatic hydroxyl groups excluding tert-OH is 1. The van der Waals surface area contributed by atoms with Crippen LogP contribution in [0.15, 0.2) is 24.3 Å². The van der Waals surface area contributed by atoms with Crippen LogP contribution >= 0.6 is 12.6 Å². The molecule has 0 aromatic heterocycles. The number of benzene rings is 1. The Morgan fingerprint density at radius 1 is 1.19 bits per heavy atom. The molecule has 1 saturated carbocycles. The highest BCUT2D eigenvalue weighted by Gasteiger charge is 2.31. The Morgan fingerprint density at radius 3 is 2.37 bits per heavy atom. The van der Waals surface area contributed by atoms with Gasteiger partial charge in [0, 0.05) is 12.8 Å². The van der Waals surface area contributed by atoms with Crippen molar-refractivity contribution in [1.29, 1.82) is 0 Å². The van der Waals surface area contributed by atoms with Gasteiger partial charge in [-0.25, -0.2) is 0 Å². The van der Waals surface area contributed by atoms with E-state index in [2.05, 4.69) is 17.4 Å². The molecule has 1 aromatic carbocycles. The Bertz CT molecular complexity index is 581. The average molecular weight is 404 g/mol. The quantitative estimate of drug-likeness (QED) is 0.551. The van der Waals surface area contributed by atoms with Gasteiger partial charge in [-0.15, -0.1) is 13.2 Å². The van der Waals surface area contributed by atoms with Crippen LogP contribution in [0.4, 0.5) is 13.2 Å². The summed E-state index contributed by atoms with van der Waals surface area (Å²) in [5.74, 6) is 0.813. The second kappa shape index (κ2) is 10.4. The minimum atomic E-state index is -4.71. The first-order valence-corrected chi connectivity index (χ1v) is 10.1. The normalized spacial score (nSPS) is 21.7. The summed E-state index contributed by atoms with van der Waals surface area (Å²) in [6.45, 7) is 0. The molecular formula is C20H27F3O3S. The molecule has 1 unspecified atom stereocenters. The number of ether oxygens (including phenoxy) is 1. The maximum atomic E-state index is 12.3. The summed E-state index contributed by atoms with van der Waals surface area (Å²) in [7, 11) is 0. The SMILES string of the molecule is O=C(CCCC1CCC(O)CC1)CC(CS)c1ccc(OC(F)(F)F)cc1. The van der Waals surface area contributed by atoms with Crippen LogP contribution in [-0.4, -0.2) is 29.1 Å². The fourth-order valence-corrected chi connectivity index (χ4v) is 3.97. The predicted molar refractivity (Wildman–Crippen MR) is 101 cm³/mol. The Labute approximate surface area is 163 Å². The average Bonchev–Trinajstić information content (AvgIpc) is 2.61. The largest absolute Gasteiger partial charge is 0.573 e. The van der Waals surface area contributed by atoms with Crippen molar-refractivity contribution < 1.29 is 27.8 Å². The molecule has 1 N–H and O–H groups in total. The van der Waals surface area contributed by atoms with Gasteiger partial charge in [-0.3, -0.25) is 4.79 Å². The molecule has 3 nitrogen and oxygen atoms in total. The van der Waals surface area contributed by atoms with Crippen LogP contribution in [0.2, 0.25) is 0 Å². The second-order valence-corrected chi connectivity index (χ2v) is 7.67. The van der Waals surface area contributed by atoms with Gasteiger partial charge in [0.2, 0.25) is 0 Å². The van der Waals surface area contributed by atoms with Crippen LogP contribution in [-0.2, 0) is 4.79 Å². The van der Waals surface area contributed by atoms with Gasteiger partial charge >= 0.3 is 6.36 Å². The topological polar surface area (TPSA) is 46.5 Å². The molecule has 0 spiro atoms. The van der Waals surface area contributed by atoms with E-state index >= 15 is 0 Å². The molecule has 1 aliphatic rings. The zero-order valence-corrected chi connectivity index (χ0v) is 16.1. The fraction of sp³-hybridized carbons (Fsp3) is 0.650. The van der Waals surface area contributed by atoms with Crippen molar-refractivity contribution in [3.63, 3.8) is 0 Å². The van der Waals surface area contributed by atoms with Crippen molar-refractivity contribution in [2.45, 2.75) is 69.8 Å². The zero-order valence-electron chi connectivity index (χ0n) is 15.3. The van der Waals surface area contributed by atoms with Crippen LogP contribution in [0.1, 0.15) is 62.8 Å². The second-order valence-electron chi connectivity index (χ2n) is 7.31. The lowest BCUT2D eigenvalue weighted by Crippen LogP contribution is -2.18. The monoisotopic (exact) mass is 404 g/mol. The summed E-state index contributed by atoms with van der Waals surface area (Å²) >= 11 is 4.29. The number of rotatable bonds is 9. The lowest BCUT2D eigenvalue weighted by Gasteiger charge is -2.25. The molecule has 0 saturated heterocycles. The van der Waals surface area contributed by atoms with Crippen molar-refractivity contribution in [1.82, 2.24) is 0 Å². The number of thiol groups is 1. The molecule has 0 aliphatic heterocycles. The van der Waals surface area contributed by atoms with E-state index < -0.39 is 6.36 Å². The minimum absolute atomic E-state index is 0.120. The highest BCUT2D eigenvalue weighted by Crippen LogP contribution is 2.30. The van der Waals surface area contributed by atoms with Crippen LogP contribution < -0.4 is 4.74 Å². The molecule has 1 atom stereocenters. The molecule has 1 fully saturated rings. The number of alkyl halides is 3. The highest BCUT2D eigenvalue weighted by molar-refractivity contribution is 7.80. The minimum Gasteiger partial charge on any atom is -0.406 e. The van der Waals surface area contributed by atoms with Gasteiger partial charge in [0.25, 0.3) is 0 Å². The van der Waals surface area contributed by atoms with Gasteiger partial charge in [-0.05, 0) is 67.4 Å². The Hall–Kier alpha value is -1.21. The third-order valence-corrected chi connectivity index (χ3v) is 5.60. The molecule has 0 heterocycles. The van der Waals surface area contributed by atoms with E-state index in [1.807, 2.05) is 0 Å². The maximum absolute atomic E-state index is 12.3. The molecule has 7 heteroatoms. The number of aliphatic hydroxyl groups is 1. The summed E-state index contributed by atoms with van der Waals surface area (Å²) in [4.78, 5) is 12.3. The molecule has 1 aromatic rings. The number of carbonyl (C=O) groups excluding carboxylic acids is 1. The highest BCUT2D eigenvalue weighted by atomic mass is 32.1. The van der Waals surface area contributed by atoms with Gasteiger partial charge < -0.3 is 9.84 Å². The van der Waals surface area contributed by atoms with Crippen LogP contribution in [0, 0.1) is 5.92 Å².